The lowest BCUT2D eigenvalue weighted by atomic mass is 10.0. The highest BCUT2D eigenvalue weighted by Gasteiger charge is 2.46. The third-order valence-electron chi connectivity index (χ3n) is 4.36. The monoisotopic (exact) mass is 447 g/mol. The molecular weight excluding hydrogens is 432 g/mol. The number of nitrogens with zero attached hydrogens (tertiary/aromatic N) is 3. The lowest BCUT2D eigenvalue weighted by Gasteiger charge is -2.30. The van der Waals surface area contributed by atoms with Crippen LogP contribution in [0.25, 0.3) is 11.3 Å². The van der Waals surface area contributed by atoms with Crippen molar-refractivity contribution in [2.45, 2.75) is 25.2 Å². The minimum atomic E-state index is -0.687. The fraction of sp³-hybridized carbons (Fsp3) is 0.222. The molecule has 2 aromatic heterocycles. The summed E-state index contributed by atoms with van der Waals surface area (Å²) in [6, 6.07) is 9.10. The summed E-state index contributed by atoms with van der Waals surface area (Å²) in [4.78, 5) is 29.9. The van der Waals surface area contributed by atoms with Gasteiger partial charge in [-0.1, -0.05) is 27.7 Å². The highest BCUT2D eigenvalue weighted by molar-refractivity contribution is 9.10. The quantitative estimate of drug-likeness (QED) is 0.482. The Bertz CT molecular complexity index is 1120. The van der Waals surface area contributed by atoms with E-state index in [4.69, 9.17) is 4.42 Å². The van der Waals surface area contributed by atoms with Crippen molar-refractivity contribution in [3.05, 3.63) is 56.7 Å². The number of anilines is 1. The zero-order valence-electron chi connectivity index (χ0n) is 14.8. The number of fused-ring (bicyclic) bond motifs is 3. The van der Waals surface area contributed by atoms with E-state index in [1.807, 2.05) is 37.4 Å². The molecule has 0 spiro atoms. The standard InChI is InChI=1S/C18H15BrN4O3S/c1-9-4-7-14(26-9)17-22(10(2)24)13-6-5-11(19)8-12(13)15-16(25)20-18(27-3)21-23(15)17/h4-8,17H,1-3H3/p+1/t17-/m1/s1. The number of rotatable bonds is 2. The van der Waals surface area contributed by atoms with Crippen molar-refractivity contribution < 1.29 is 13.9 Å². The first-order valence-corrected chi connectivity index (χ1v) is 10.2. The third-order valence-corrected chi connectivity index (χ3v) is 5.42. The maximum Gasteiger partial charge on any atom is 0.325 e. The smallest absolute Gasteiger partial charge is 0.325 e. The summed E-state index contributed by atoms with van der Waals surface area (Å²) in [6.07, 6.45) is 1.14. The highest BCUT2D eigenvalue weighted by atomic mass is 79.9. The molecule has 3 aromatic rings. The summed E-state index contributed by atoms with van der Waals surface area (Å²) in [5.74, 6) is 1.07. The largest absolute Gasteiger partial charge is 0.457 e. The summed E-state index contributed by atoms with van der Waals surface area (Å²) in [6.45, 7) is 3.32. The molecule has 0 unspecified atom stereocenters. The topological polar surface area (TPSA) is 83.1 Å². The van der Waals surface area contributed by atoms with Crippen LogP contribution in [0.1, 0.15) is 24.6 Å². The SMILES string of the molecule is CSc1n[n+]2c(c(=O)[nH]1)-c1cc(Br)ccc1N(C(C)=O)[C@H]2c1ccc(C)o1. The van der Waals surface area contributed by atoms with Gasteiger partial charge in [-0.2, -0.15) is 0 Å². The summed E-state index contributed by atoms with van der Waals surface area (Å²) >= 11 is 4.77. The molecule has 1 aromatic carbocycles. The molecule has 0 radical (unpaired) electrons. The molecular formula is C18H16BrN4O3S+. The van der Waals surface area contributed by atoms with Gasteiger partial charge in [-0.3, -0.25) is 14.6 Å². The molecule has 1 N–H and O–H groups in total. The van der Waals surface area contributed by atoms with Crippen LogP contribution < -0.4 is 15.1 Å². The Hall–Kier alpha value is -2.39. The number of carbonyl (C=O) groups excluding carboxylic acids is 1. The number of halogens is 1. The van der Waals surface area contributed by atoms with E-state index in [1.54, 1.807) is 15.6 Å². The predicted molar refractivity (Wildman–Crippen MR) is 105 cm³/mol. The number of aromatic nitrogens is 3. The van der Waals surface area contributed by atoms with Gasteiger partial charge in [0.1, 0.15) is 5.76 Å². The van der Waals surface area contributed by atoms with Crippen LogP contribution in [0.3, 0.4) is 0 Å². The van der Waals surface area contributed by atoms with E-state index in [-0.39, 0.29) is 11.5 Å². The minimum absolute atomic E-state index is 0.177. The fourth-order valence-electron chi connectivity index (χ4n) is 3.28. The Labute approximate surface area is 167 Å². The minimum Gasteiger partial charge on any atom is -0.457 e. The first-order chi connectivity index (χ1) is 12.9. The van der Waals surface area contributed by atoms with E-state index in [9.17, 15) is 9.59 Å². The van der Waals surface area contributed by atoms with Crippen LogP contribution in [0.4, 0.5) is 5.69 Å². The first kappa shape index (κ1) is 18.0. The van der Waals surface area contributed by atoms with E-state index in [1.165, 1.54) is 18.7 Å². The maximum atomic E-state index is 12.9. The normalized spacial score (nSPS) is 15.4. The lowest BCUT2D eigenvalue weighted by Crippen LogP contribution is -2.60. The number of hydrogen-bond acceptors (Lipinski definition) is 5. The molecule has 0 saturated carbocycles. The number of thioether (sulfide) groups is 1. The van der Waals surface area contributed by atoms with Gasteiger partial charge in [0.2, 0.25) is 11.1 Å². The van der Waals surface area contributed by atoms with Gasteiger partial charge in [-0.25, -0.2) is 4.90 Å². The Balaban J connectivity index is 2.11. The van der Waals surface area contributed by atoms with Gasteiger partial charge in [0, 0.05) is 16.5 Å². The van der Waals surface area contributed by atoms with E-state index >= 15 is 0 Å². The lowest BCUT2D eigenvalue weighted by molar-refractivity contribution is -0.764. The molecule has 7 nitrogen and oxygen atoms in total. The molecule has 138 valence electrons. The van der Waals surface area contributed by atoms with Gasteiger partial charge in [0.15, 0.2) is 5.76 Å². The fourth-order valence-corrected chi connectivity index (χ4v) is 4.00. The average molecular weight is 448 g/mol. The van der Waals surface area contributed by atoms with Crippen LogP contribution in [0, 0.1) is 6.92 Å². The molecule has 0 saturated heterocycles. The van der Waals surface area contributed by atoms with Crippen molar-refractivity contribution in [1.82, 2.24) is 10.1 Å². The van der Waals surface area contributed by atoms with Crippen molar-refractivity contribution in [2.75, 3.05) is 11.2 Å². The molecule has 0 bridgehead atoms. The van der Waals surface area contributed by atoms with Crippen LogP contribution >= 0.6 is 27.7 Å². The summed E-state index contributed by atoms with van der Waals surface area (Å²) in [5.41, 5.74) is 1.36. The van der Waals surface area contributed by atoms with Crippen molar-refractivity contribution in [1.29, 1.82) is 0 Å². The molecule has 3 heterocycles. The van der Waals surface area contributed by atoms with Crippen LogP contribution in [0.5, 0.6) is 0 Å². The molecule has 1 aliphatic heterocycles. The van der Waals surface area contributed by atoms with E-state index < -0.39 is 6.17 Å². The number of hydrogen-bond donors (Lipinski definition) is 1. The van der Waals surface area contributed by atoms with Gasteiger partial charge >= 0.3 is 17.4 Å². The number of aromatic amines is 1. The number of carbonyl (C=O) groups is 1. The third kappa shape index (κ3) is 2.90. The molecule has 0 aliphatic carbocycles. The molecule has 9 heteroatoms. The van der Waals surface area contributed by atoms with Crippen molar-refractivity contribution in [2.24, 2.45) is 0 Å². The molecule has 0 fully saturated rings. The highest BCUT2D eigenvalue weighted by Crippen LogP contribution is 2.39. The van der Waals surface area contributed by atoms with Crippen molar-refractivity contribution >= 4 is 39.3 Å². The van der Waals surface area contributed by atoms with Gasteiger partial charge in [0.25, 0.3) is 0 Å². The van der Waals surface area contributed by atoms with Gasteiger partial charge in [-0.15, -0.1) is 0 Å². The van der Waals surface area contributed by atoms with Gasteiger partial charge < -0.3 is 4.42 Å². The van der Waals surface area contributed by atoms with E-state index in [0.717, 1.165) is 4.47 Å². The summed E-state index contributed by atoms with van der Waals surface area (Å²) < 4.78 is 8.20. The van der Waals surface area contributed by atoms with Crippen LogP contribution in [0.15, 0.2) is 49.2 Å². The second kappa shape index (κ2) is 6.65. The molecule has 27 heavy (non-hydrogen) atoms. The molecule has 1 aliphatic rings. The number of furan rings is 1. The van der Waals surface area contributed by atoms with Crippen LogP contribution in [-0.4, -0.2) is 22.2 Å². The van der Waals surface area contributed by atoms with Crippen molar-refractivity contribution in [3.8, 4) is 11.3 Å². The Kier molecular flexibility index (Phi) is 4.43. The number of amides is 1. The van der Waals surface area contributed by atoms with Gasteiger partial charge in [-0.05, 0) is 48.2 Å². The Morgan fingerprint density at radius 3 is 2.78 bits per heavy atom. The van der Waals surface area contributed by atoms with E-state index in [2.05, 4.69) is 26.0 Å². The summed E-state index contributed by atoms with van der Waals surface area (Å²) in [5, 5.41) is 5.03. The second-order valence-corrected chi connectivity index (χ2v) is 7.84. The first-order valence-electron chi connectivity index (χ1n) is 8.17. The average Bonchev–Trinajstić information content (AvgIpc) is 3.05. The zero-order valence-corrected chi connectivity index (χ0v) is 17.2. The molecule has 1 amide bonds. The van der Waals surface area contributed by atoms with Crippen LogP contribution in [-0.2, 0) is 4.79 Å². The number of H-pyrrole nitrogens is 1. The number of benzene rings is 1. The van der Waals surface area contributed by atoms with Crippen LogP contribution in [0.2, 0.25) is 0 Å². The second-order valence-electron chi connectivity index (χ2n) is 6.13. The zero-order chi connectivity index (χ0) is 19.3. The Morgan fingerprint density at radius 1 is 1.37 bits per heavy atom. The maximum absolute atomic E-state index is 12.9. The number of nitrogens with one attached hydrogen (secondary N) is 1. The number of aryl methyl sites for hydroxylation is 1. The predicted octanol–water partition coefficient (Wildman–Crippen LogP) is 3.02. The summed E-state index contributed by atoms with van der Waals surface area (Å²) in [7, 11) is 0. The molecule has 4 rings (SSSR count). The van der Waals surface area contributed by atoms with E-state index in [0.29, 0.717) is 33.6 Å². The van der Waals surface area contributed by atoms with Gasteiger partial charge in [0.05, 0.1) is 11.3 Å². The van der Waals surface area contributed by atoms with Crippen molar-refractivity contribution in [3.63, 3.8) is 0 Å². The Morgan fingerprint density at radius 2 is 2.15 bits per heavy atom. The molecule has 1 atom stereocenters.